The molecule has 3 rings (SSSR count). The summed E-state index contributed by atoms with van der Waals surface area (Å²) in [4.78, 5) is 4.67. The summed E-state index contributed by atoms with van der Waals surface area (Å²) < 4.78 is 0. The summed E-state index contributed by atoms with van der Waals surface area (Å²) in [6.07, 6.45) is 2.91. The number of benzene rings is 3. The lowest BCUT2D eigenvalue weighted by molar-refractivity contribution is 0.822. The minimum atomic E-state index is 0.209. The Morgan fingerprint density at radius 3 is 2.43 bits per heavy atom. The number of hydrogen-bond acceptors (Lipinski definition) is 1. The third-order valence-electron chi connectivity index (χ3n) is 3.80. The van der Waals surface area contributed by atoms with E-state index in [0.29, 0.717) is 0 Å². The van der Waals surface area contributed by atoms with Gasteiger partial charge in [-0.3, -0.25) is 4.99 Å². The Hall–Kier alpha value is -2.41. The molecule has 0 aliphatic heterocycles. The normalized spacial score (nSPS) is 12.8. The first kappa shape index (κ1) is 13.6. The van der Waals surface area contributed by atoms with Crippen molar-refractivity contribution in [3.8, 4) is 0 Å². The Balaban J connectivity index is 1.76. The van der Waals surface area contributed by atoms with Crippen LogP contribution < -0.4 is 0 Å². The first-order valence-corrected chi connectivity index (χ1v) is 7.38. The second kappa shape index (κ2) is 6.36. The maximum Gasteiger partial charge on any atom is 0.0717 e. The van der Waals surface area contributed by atoms with Crippen LogP contribution in [0.15, 0.2) is 77.8 Å². The Labute approximate surface area is 126 Å². The van der Waals surface area contributed by atoms with Gasteiger partial charge in [0.05, 0.1) is 6.04 Å². The zero-order chi connectivity index (χ0) is 14.5. The fraction of sp³-hybridized carbons (Fsp3) is 0.150. The van der Waals surface area contributed by atoms with Crippen molar-refractivity contribution in [3.05, 3.63) is 83.9 Å². The van der Waals surface area contributed by atoms with Crippen molar-refractivity contribution in [2.24, 2.45) is 4.99 Å². The molecule has 0 bridgehead atoms. The molecule has 0 radical (unpaired) electrons. The third-order valence-corrected chi connectivity index (χ3v) is 3.80. The van der Waals surface area contributed by atoms with Crippen molar-refractivity contribution >= 4 is 17.0 Å². The summed E-state index contributed by atoms with van der Waals surface area (Å²) in [5, 5.41) is 2.61. The highest BCUT2D eigenvalue weighted by Gasteiger charge is 2.01. The van der Waals surface area contributed by atoms with Crippen molar-refractivity contribution in [3.63, 3.8) is 0 Å². The Kier molecular flexibility index (Phi) is 4.11. The van der Waals surface area contributed by atoms with Gasteiger partial charge in [0.2, 0.25) is 0 Å². The second-order valence-electron chi connectivity index (χ2n) is 5.26. The summed E-state index contributed by atoms with van der Waals surface area (Å²) >= 11 is 0. The summed E-state index contributed by atoms with van der Waals surface area (Å²) in [5.41, 5.74) is 2.59. The number of rotatable bonds is 4. The van der Waals surface area contributed by atoms with Crippen molar-refractivity contribution in [2.75, 3.05) is 0 Å². The van der Waals surface area contributed by atoms with Crippen LogP contribution in [0.5, 0.6) is 0 Å². The van der Waals surface area contributed by atoms with Crippen LogP contribution in [-0.2, 0) is 6.42 Å². The number of nitrogens with zero attached hydrogens (tertiary/aromatic N) is 1. The fourth-order valence-corrected chi connectivity index (χ4v) is 2.60. The van der Waals surface area contributed by atoms with Crippen molar-refractivity contribution < 1.29 is 0 Å². The van der Waals surface area contributed by atoms with Gasteiger partial charge in [0.15, 0.2) is 0 Å². The first-order chi connectivity index (χ1) is 10.3. The number of aliphatic imine (C=N–C) groups is 1. The average Bonchev–Trinajstić information content (AvgIpc) is 2.56. The molecule has 3 aromatic rings. The maximum atomic E-state index is 4.67. The Morgan fingerprint density at radius 1 is 0.857 bits per heavy atom. The molecule has 0 N–H and O–H groups in total. The zero-order valence-electron chi connectivity index (χ0n) is 12.2. The highest BCUT2D eigenvalue weighted by Crippen LogP contribution is 2.19. The van der Waals surface area contributed by atoms with E-state index in [2.05, 4.69) is 78.6 Å². The van der Waals surface area contributed by atoms with Gasteiger partial charge in [-0.15, -0.1) is 0 Å². The van der Waals surface area contributed by atoms with Crippen LogP contribution >= 0.6 is 0 Å². The minimum Gasteiger partial charge on any atom is -0.289 e. The number of fused-ring (bicyclic) bond motifs is 1. The molecule has 1 nitrogen and oxygen atoms in total. The maximum absolute atomic E-state index is 4.67. The quantitative estimate of drug-likeness (QED) is 0.578. The molecule has 0 fully saturated rings. The van der Waals surface area contributed by atoms with Crippen LogP contribution in [0.4, 0.5) is 0 Å². The van der Waals surface area contributed by atoms with Gasteiger partial charge in [0.1, 0.15) is 0 Å². The first-order valence-electron chi connectivity index (χ1n) is 7.38. The molecule has 0 heterocycles. The topological polar surface area (TPSA) is 12.4 Å². The van der Waals surface area contributed by atoms with Crippen molar-refractivity contribution in [1.29, 1.82) is 0 Å². The van der Waals surface area contributed by atoms with E-state index >= 15 is 0 Å². The molecule has 104 valence electrons. The van der Waals surface area contributed by atoms with Gasteiger partial charge in [-0.05, 0) is 28.8 Å². The molecule has 1 heteroatoms. The number of hydrogen-bond donors (Lipinski definition) is 0. The standard InChI is InChI=1S/C20H19N/c1-16(17-8-3-2-4-9-17)21-15-14-19-12-7-11-18-10-5-6-13-20(18)19/h2-13,15-16H,14H2,1H3. The van der Waals surface area contributed by atoms with Crippen LogP contribution in [0.25, 0.3) is 10.8 Å². The molecule has 0 aliphatic carbocycles. The van der Waals surface area contributed by atoms with Gasteiger partial charge in [-0.2, -0.15) is 0 Å². The van der Waals surface area contributed by atoms with E-state index < -0.39 is 0 Å². The third kappa shape index (κ3) is 3.19. The van der Waals surface area contributed by atoms with Crippen LogP contribution in [0.3, 0.4) is 0 Å². The smallest absolute Gasteiger partial charge is 0.0717 e. The zero-order valence-corrected chi connectivity index (χ0v) is 12.2. The molecule has 0 saturated heterocycles. The molecule has 0 spiro atoms. The summed E-state index contributed by atoms with van der Waals surface area (Å²) in [5.74, 6) is 0. The van der Waals surface area contributed by atoms with Crippen LogP contribution in [-0.4, -0.2) is 6.21 Å². The molecule has 1 atom stereocenters. The summed E-state index contributed by atoms with van der Waals surface area (Å²) in [6, 6.07) is 25.6. The predicted molar refractivity (Wildman–Crippen MR) is 91.0 cm³/mol. The lowest BCUT2D eigenvalue weighted by atomic mass is 10.0. The molecular weight excluding hydrogens is 254 g/mol. The molecule has 0 aromatic heterocycles. The molecule has 3 aromatic carbocycles. The summed E-state index contributed by atoms with van der Waals surface area (Å²) in [7, 11) is 0. The van der Waals surface area contributed by atoms with E-state index in [-0.39, 0.29) is 6.04 Å². The minimum absolute atomic E-state index is 0.209. The molecule has 0 aliphatic rings. The van der Waals surface area contributed by atoms with Crippen molar-refractivity contribution in [2.45, 2.75) is 19.4 Å². The van der Waals surface area contributed by atoms with Gasteiger partial charge in [-0.25, -0.2) is 0 Å². The van der Waals surface area contributed by atoms with Gasteiger partial charge >= 0.3 is 0 Å². The van der Waals surface area contributed by atoms with Crippen LogP contribution in [0.2, 0.25) is 0 Å². The predicted octanol–water partition coefficient (Wildman–Crippen LogP) is 5.21. The average molecular weight is 273 g/mol. The van der Waals surface area contributed by atoms with Gasteiger partial charge in [0, 0.05) is 12.6 Å². The van der Waals surface area contributed by atoms with Crippen LogP contribution in [0.1, 0.15) is 24.1 Å². The highest BCUT2D eigenvalue weighted by atomic mass is 14.7. The largest absolute Gasteiger partial charge is 0.289 e. The van der Waals surface area contributed by atoms with E-state index in [1.807, 2.05) is 12.3 Å². The van der Waals surface area contributed by atoms with Crippen LogP contribution in [0, 0.1) is 0 Å². The van der Waals surface area contributed by atoms with Gasteiger partial charge in [0.25, 0.3) is 0 Å². The lowest BCUT2D eigenvalue weighted by Crippen LogP contribution is -1.93. The SMILES string of the molecule is CC(N=CCc1cccc2ccccc12)c1ccccc1. The Morgan fingerprint density at radius 2 is 1.57 bits per heavy atom. The van der Waals surface area contributed by atoms with Gasteiger partial charge < -0.3 is 0 Å². The molecule has 0 saturated carbocycles. The van der Waals surface area contributed by atoms with E-state index in [1.54, 1.807) is 0 Å². The van der Waals surface area contributed by atoms with E-state index in [1.165, 1.54) is 21.9 Å². The fourth-order valence-electron chi connectivity index (χ4n) is 2.60. The lowest BCUT2D eigenvalue weighted by Gasteiger charge is -2.07. The van der Waals surface area contributed by atoms with Gasteiger partial charge in [-0.1, -0.05) is 72.8 Å². The monoisotopic (exact) mass is 273 g/mol. The second-order valence-corrected chi connectivity index (χ2v) is 5.26. The Bertz CT molecular complexity index is 739. The molecule has 1 unspecified atom stereocenters. The summed E-state index contributed by atoms with van der Waals surface area (Å²) in [6.45, 7) is 2.13. The highest BCUT2D eigenvalue weighted by molar-refractivity contribution is 5.87. The molecule has 21 heavy (non-hydrogen) atoms. The van der Waals surface area contributed by atoms with E-state index in [0.717, 1.165) is 6.42 Å². The van der Waals surface area contributed by atoms with E-state index in [9.17, 15) is 0 Å². The molecule has 0 amide bonds. The van der Waals surface area contributed by atoms with Crippen molar-refractivity contribution in [1.82, 2.24) is 0 Å². The van der Waals surface area contributed by atoms with E-state index in [4.69, 9.17) is 0 Å². The molecular formula is C20H19N.